The highest BCUT2D eigenvalue weighted by Crippen LogP contribution is 2.26. The Bertz CT molecular complexity index is 239. The van der Waals surface area contributed by atoms with Crippen molar-refractivity contribution in [3.8, 4) is 0 Å². The summed E-state index contributed by atoms with van der Waals surface area (Å²) in [4.78, 5) is 5.06. The average Bonchev–Trinajstić information content (AvgIpc) is 2.41. The summed E-state index contributed by atoms with van der Waals surface area (Å²) in [7, 11) is 2.26. The minimum atomic E-state index is -0.0445. The van der Waals surface area contributed by atoms with E-state index >= 15 is 0 Å². The molecule has 0 spiro atoms. The highest BCUT2D eigenvalue weighted by molar-refractivity contribution is 4.82. The first-order valence-electron chi connectivity index (χ1n) is 7.81. The first-order chi connectivity index (χ1) is 8.70. The number of aliphatic hydroxyl groups is 1. The zero-order chi connectivity index (χ0) is 13.0. The van der Waals surface area contributed by atoms with Gasteiger partial charge in [0, 0.05) is 12.6 Å². The van der Waals surface area contributed by atoms with Gasteiger partial charge in [0.05, 0.1) is 6.10 Å². The Morgan fingerprint density at radius 3 is 2.39 bits per heavy atom. The summed E-state index contributed by atoms with van der Waals surface area (Å²) in [6.07, 6.45) is 7.32. The third-order valence-electron chi connectivity index (χ3n) is 5.02. The number of hydrogen-bond donors (Lipinski definition) is 1. The Morgan fingerprint density at radius 1 is 1.11 bits per heavy atom. The van der Waals surface area contributed by atoms with Crippen LogP contribution in [0.15, 0.2) is 0 Å². The molecule has 3 nitrogen and oxygen atoms in total. The van der Waals surface area contributed by atoms with Crippen LogP contribution in [0.1, 0.15) is 45.4 Å². The molecule has 0 aromatic heterocycles. The fourth-order valence-corrected chi connectivity index (χ4v) is 3.60. The minimum absolute atomic E-state index is 0.0445. The molecule has 2 rings (SSSR count). The SMILES string of the molecule is CCN1CCC(N(C)CC2CCCCC2O)CC1. The van der Waals surface area contributed by atoms with Crippen molar-refractivity contribution in [3.63, 3.8) is 0 Å². The van der Waals surface area contributed by atoms with Crippen LogP contribution in [-0.2, 0) is 0 Å². The number of aliphatic hydroxyl groups excluding tert-OH is 1. The average molecular weight is 254 g/mol. The van der Waals surface area contributed by atoms with Crippen LogP contribution in [0.4, 0.5) is 0 Å². The van der Waals surface area contributed by atoms with Gasteiger partial charge in [0.1, 0.15) is 0 Å². The fraction of sp³-hybridized carbons (Fsp3) is 1.00. The van der Waals surface area contributed by atoms with E-state index in [1.807, 2.05) is 0 Å². The summed E-state index contributed by atoms with van der Waals surface area (Å²) in [5.41, 5.74) is 0. The highest BCUT2D eigenvalue weighted by Gasteiger charge is 2.28. The lowest BCUT2D eigenvalue weighted by atomic mass is 9.86. The van der Waals surface area contributed by atoms with Gasteiger partial charge in [0.15, 0.2) is 0 Å². The normalized spacial score (nSPS) is 32.0. The van der Waals surface area contributed by atoms with Crippen molar-refractivity contribution >= 4 is 0 Å². The van der Waals surface area contributed by atoms with Crippen LogP contribution in [0.5, 0.6) is 0 Å². The molecule has 0 bridgehead atoms. The highest BCUT2D eigenvalue weighted by atomic mass is 16.3. The Balaban J connectivity index is 1.75. The second-order valence-electron chi connectivity index (χ2n) is 6.22. The van der Waals surface area contributed by atoms with E-state index in [1.54, 1.807) is 0 Å². The van der Waals surface area contributed by atoms with Crippen LogP contribution < -0.4 is 0 Å². The summed E-state index contributed by atoms with van der Waals surface area (Å²) in [5, 5.41) is 10.1. The summed E-state index contributed by atoms with van der Waals surface area (Å²) >= 11 is 0. The fourth-order valence-electron chi connectivity index (χ4n) is 3.60. The molecule has 1 aliphatic heterocycles. The monoisotopic (exact) mass is 254 g/mol. The van der Waals surface area contributed by atoms with Crippen LogP contribution >= 0.6 is 0 Å². The predicted molar refractivity (Wildman–Crippen MR) is 75.7 cm³/mol. The number of likely N-dealkylation sites (tertiary alicyclic amines) is 1. The Labute approximate surface area is 112 Å². The quantitative estimate of drug-likeness (QED) is 0.831. The molecular formula is C15H30N2O. The molecule has 18 heavy (non-hydrogen) atoms. The molecule has 1 saturated carbocycles. The van der Waals surface area contributed by atoms with Crippen LogP contribution in [0, 0.1) is 5.92 Å². The van der Waals surface area contributed by atoms with E-state index in [-0.39, 0.29) is 6.10 Å². The molecule has 0 amide bonds. The van der Waals surface area contributed by atoms with Gasteiger partial charge in [-0.25, -0.2) is 0 Å². The molecule has 0 aromatic rings. The summed E-state index contributed by atoms with van der Waals surface area (Å²) < 4.78 is 0. The van der Waals surface area contributed by atoms with E-state index in [4.69, 9.17) is 0 Å². The molecule has 2 unspecified atom stereocenters. The number of piperidine rings is 1. The molecule has 1 heterocycles. The van der Waals surface area contributed by atoms with Crippen molar-refractivity contribution in [2.75, 3.05) is 33.2 Å². The Morgan fingerprint density at radius 2 is 1.78 bits per heavy atom. The summed E-state index contributed by atoms with van der Waals surface area (Å²) in [5.74, 6) is 0.521. The second-order valence-corrected chi connectivity index (χ2v) is 6.22. The molecule has 1 N–H and O–H groups in total. The number of rotatable bonds is 4. The van der Waals surface area contributed by atoms with Crippen molar-refractivity contribution in [2.45, 2.75) is 57.6 Å². The van der Waals surface area contributed by atoms with E-state index in [0.29, 0.717) is 5.92 Å². The molecule has 1 aliphatic carbocycles. The smallest absolute Gasteiger partial charge is 0.0580 e. The first kappa shape index (κ1) is 14.3. The molecule has 2 atom stereocenters. The van der Waals surface area contributed by atoms with Gasteiger partial charge in [-0.15, -0.1) is 0 Å². The molecular weight excluding hydrogens is 224 g/mol. The topological polar surface area (TPSA) is 26.7 Å². The van der Waals surface area contributed by atoms with Gasteiger partial charge >= 0.3 is 0 Å². The van der Waals surface area contributed by atoms with E-state index in [0.717, 1.165) is 19.0 Å². The van der Waals surface area contributed by atoms with Gasteiger partial charge in [0.25, 0.3) is 0 Å². The van der Waals surface area contributed by atoms with Crippen LogP contribution in [-0.4, -0.2) is 60.3 Å². The zero-order valence-electron chi connectivity index (χ0n) is 12.1. The summed E-state index contributed by atoms with van der Waals surface area (Å²) in [6.45, 7) is 7.04. The lowest BCUT2D eigenvalue weighted by molar-refractivity contribution is 0.0341. The van der Waals surface area contributed by atoms with Crippen molar-refractivity contribution in [1.29, 1.82) is 0 Å². The van der Waals surface area contributed by atoms with Crippen molar-refractivity contribution in [3.05, 3.63) is 0 Å². The maximum atomic E-state index is 10.1. The predicted octanol–water partition coefficient (Wildman–Crippen LogP) is 1.95. The van der Waals surface area contributed by atoms with Gasteiger partial charge < -0.3 is 14.9 Å². The van der Waals surface area contributed by atoms with Crippen molar-refractivity contribution < 1.29 is 5.11 Å². The molecule has 0 aromatic carbocycles. The molecule has 106 valence electrons. The van der Waals surface area contributed by atoms with Gasteiger partial charge in [0.2, 0.25) is 0 Å². The third-order valence-corrected chi connectivity index (χ3v) is 5.02. The molecule has 2 aliphatic rings. The van der Waals surface area contributed by atoms with Crippen LogP contribution in [0.25, 0.3) is 0 Å². The number of hydrogen-bond acceptors (Lipinski definition) is 3. The Hall–Kier alpha value is -0.120. The van der Waals surface area contributed by atoms with E-state index < -0.39 is 0 Å². The lowest BCUT2D eigenvalue weighted by Gasteiger charge is -2.39. The Kier molecular flexibility index (Phi) is 5.46. The van der Waals surface area contributed by atoms with E-state index in [2.05, 4.69) is 23.8 Å². The van der Waals surface area contributed by atoms with Crippen molar-refractivity contribution in [2.24, 2.45) is 5.92 Å². The molecule has 1 saturated heterocycles. The molecule has 0 radical (unpaired) electrons. The largest absolute Gasteiger partial charge is 0.393 e. The standard InChI is InChI=1S/C15H30N2O/c1-3-17-10-8-14(9-11-17)16(2)12-13-6-4-5-7-15(13)18/h13-15,18H,3-12H2,1-2H3. The number of nitrogens with zero attached hydrogens (tertiary/aromatic N) is 2. The maximum absolute atomic E-state index is 10.1. The van der Waals surface area contributed by atoms with Gasteiger partial charge in [-0.1, -0.05) is 19.8 Å². The minimum Gasteiger partial charge on any atom is -0.393 e. The maximum Gasteiger partial charge on any atom is 0.0580 e. The van der Waals surface area contributed by atoms with Gasteiger partial charge in [-0.3, -0.25) is 0 Å². The van der Waals surface area contributed by atoms with E-state index in [9.17, 15) is 5.11 Å². The molecule has 2 fully saturated rings. The lowest BCUT2D eigenvalue weighted by Crippen LogP contribution is -2.46. The third kappa shape index (κ3) is 3.69. The second kappa shape index (κ2) is 6.88. The van der Waals surface area contributed by atoms with Crippen molar-refractivity contribution in [1.82, 2.24) is 9.80 Å². The first-order valence-corrected chi connectivity index (χ1v) is 7.81. The van der Waals surface area contributed by atoms with Gasteiger partial charge in [-0.2, -0.15) is 0 Å². The zero-order valence-corrected chi connectivity index (χ0v) is 12.1. The van der Waals surface area contributed by atoms with Crippen LogP contribution in [0.3, 0.4) is 0 Å². The van der Waals surface area contributed by atoms with Crippen LogP contribution in [0.2, 0.25) is 0 Å². The summed E-state index contributed by atoms with van der Waals surface area (Å²) in [6, 6.07) is 0.738. The van der Waals surface area contributed by atoms with E-state index in [1.165, 1.54) is 51.7 Å². The van der Waals surface area contributed by atoms with Gasteiger partial charge in [-0.05, 0) is 58.3 Å². The molecule has 3 heteroatoms.